The fourth-order valence-corrected chi connectivity index (χ4v) is 2.64. The zero-order valence-corrected chi connectivity index (χ0v) is 14.9. The van der Waals surface area contributed by atoms with Crippen LogP contribution in [-0.2, 0) is 0 Å². The van der Waals surface area contributed by atoms with Gasteiger partial charge in [0.15, 0.2) is 0 Å². The minimum Gasteiger partial charge on any atom is -0.468 e. The van der Waals surface area contributed by atoms with Crippen molar-refractivity contribution in [3.63, 3.8) is 0 Å². The van der Waals surface area contributed by atoms with Gasteiger partial charge in [0.25, 0.3) is 5.91 Å². The van der Waals surface area contributed by atoms with Gasteiger partial charge in [-0.15, -0.1) is 0 Å². The highest BCUT2D eigenvalue weighted by molar-refractivity contribution is 5.94. The molecule has 0 aliphatic carbocycles. The van der Waals surface area contributed by atoms with Crippen LogP contribution in [-0.4, -0.2) is 31.4 Å². The standard InChI is InChI=1S/C21H22N2O3/c1-23(2)19(20-12-7-13-25-20)15-22-21(24)16-8-6-11-18(14-16)26-17-9-4-3-5-10-17/h3-14,19H,15H2,1-2H3,(H,22,24). The number of hydrogen-bond donors (Lipinski definition) is 1. The molecule has 134 valence electrons. The Morgan fingerprint density at radius 1 is 1.04 bits per heavy atom. The average Bonchev–Trinajstić information content (AvgIpc) is 3.17. The van der Waals surface area contributed by atoms with Crippen molar-refractivity contribution in [2.75, 3.05) is 20.6 Å². The van der Waals surface area contributed by atoms with Crippen molar-refractivity contribution in [3.05, 3.63) is 84.3 Å². The fraction of sp³-hybridized carbons (Fsp3) is 0.190. The Hall–Kier alpha value is -3.05. The summed E-state index contributed by atoms with van der Waals surface area (Å²) in [6.45, 7) is 0.448. The van der Waals surface area contributed by atoms with Crippen molar-refractivity contribution in [1.29, 1.82) is 0 Å². The summed E-state index contributed by atoms with van der Waals surface area (Å²) < 4.78 is 11.3. The van der Waals surface area contributed by atoms with E-state index in [-0.39, 0.29) is 11.9 Å². The lowest BCUT2D eigenvalue weighted by molar-refractivity contribution is 0.0938. The smallest absolute Gasteiger partial charge is 0.251 e. The molecule has 5 heteroatoms. The van der Waals surface area contributed by atoms with Gasteiger partial charge in [-0.3, -0.25) is 9.69 Å². The Kier molecular flexibility index (Phi) is 5.71. The molecule has 0 radical (unpaired) electrons. The Morgan fingerprint density at radius 2 is 1.81 bits per heavy atom. The van der Waals surface area contributed by atoms with E-state index in [1.165, 1.54) is 0 Å². The third-order valence-corrected chi connectivity index (χ3v) is 4.03. The molecule has 0 aliphatic heterocycles. The molecule has 0 aliphatic rings. The molecule has 1 unspecified atom stereocenters. The van der Waals surface area contributed by atoms with Crippen molar-refractivity contribution < 1.29 is 13.9 Å². The number of nitrogens with one attached hydrogen (secondary N) is 1. The van der Waals surface area contributed by atoms with E-state index in [0.29, 0.717) is 17.9 Å². The van der Waals surface area contributed by atoms with Crippen LogP contribution < -0.4 is 10.1 Å². The summed E-state index contributed by atoms with van der Waals surface area (Å²) in [7, 11) is 3.90. The highest BCUT2D eigenvalue weighted by atomic mass is 16.5. The minimum atomic E-state index is -0.151. The predicted molar refractivity (Wildman–Crippen MR) is 100 cm³/mol. The first kappa shape index (κ1) is 17.8. The second-order valence-electron chi connectivity index (χ2n) is 6.15. The van der Waals surface area contributed by atoms with Gasteiger partial charge in [-0.05, 0) is 56.6 Å². The summed E-state index contributed by atoms with van der Waals surface area (Å²) in [4.78, 5) is 14.5. The number of hydrogen-bond acceptors (Lipinski definition) is 4. The molecule has 0 saturated heterocycles. The van der Waals surface area contributed by atoms with E-state index in [2.05, 4.69) is 5.32 Å². The lowest BCUT2D eigenvalue weighted by atomic mass is 10.1. The summed E-state index contributed by atoms with van der Waals surface area (Å²) in [5.41, 5.74) is 0.551. The van der Waals surface area contributed by atoms with Crippen LogP contribution in [0, 0.1) is 0 Å². The van der Waals surface area contributed by atoms with Gasteiger partial charge in [0.1, 0.15) is 17.3 Å². The third-order valence-electron chi connectivity index (χ3n) is 4.03. The number of amides is 1. The first-order valence-corrected chi connectivity index (χ1v) is 8.44. The van der Waals surface area contributed by atoms with Crippen molar-refractivity contribution in [1.82, 2.24) is 10.2 Å². The Bertz CT molecular complexity index is 829. The topological polar surface area (TPSA) is 54.7 Å². The SMILES string of the molecule is CN(C)C(CNC(=O)c1cccc(Oc2ccccc2)c1)c1ccco1. The molecule has 0 bridgehead atoms. The van der Waals surface area contributed by atoms with Crippen molar-refractivity contribution in [3.8, 4) is 11.5 Å². The molecule has 1 heterocycles. The first-order valence-electron chi connectivity index (χ1n) is 8.44. The molecule has 1 amide bonds. The lowest BCUT2D eigenvalue weighted by Gasteiger charge is -2.22. The van der Waals surface area contributed by atoms with E-state index in [0.717, 1.165) is 11.5 Å². The van der Waals surface area contributed by atoms with Gasteiger partial charge in [0, 0.05) is 12.1 Å². The van der Waals surface area contributed by atoms with Crippen LogP contribution >= 0.6 is 0 Å². The fourth-order valence-electron chi connectivity index (χ4n) is 2.64. The quantitative estimate of drug-likeness (QED) is 0.697. The third kappa shape index (κ3) is 4.52. The number of nitrogens with zero attached hydrogens (tertiary/aromatic N) is 1. The number of likely N-dealkylation sites (N-methyl/N-ethyl adjacent to an activating group) is 1. The van der Waals surface area contributed by atoms with Gasteiger partial charge in [-0.2, -0.15) is 0 Å². The number of furan rings is 1. The van der Waals surface area contributed by atoms with Gasteiger partial charge < -0.3 is 14.5 Å². The highest BCUT2D eigenvalue weighted by Crippen LogP contribution is 2.22. The van der Waals surface area contributed by atoms with E-state index >= 15 is 0 Å². The highest BCUT2D eigenvalue weighted by Gasteiger charge is 2.18. The summed E-state index contributed by atoms with van der Waals surface area (Å²) in [5.74, 6) is 2.02. The lowest BCUT2D eigenvalue weighted by Crippen LogP contribution is -2.34. The number of ether oxygens (including phenoxy) is 1. The van der Waals surface area contributed by atoms with E-state index < -0.39 is 0 Å². The van der Waals surface area contributed by atoms with E-state index in [1.807, 2.05) is 73.6 Å². The van der Waals surface area contributed by atoms with Crippen LogP contribution in [0.1, 0.15) is 22.2 Å². The van der Waals surface area contributed by atoms with Gasteiger partial charge in [0.05, 0.1) is 12.3 Å². The summed E-state index contributed by atoms with van der Waals surface area (Å²) in [6.07, 6.45) is 1.64. The van der Waals surface area contributed by atoms with E-state index in [4.69, 9.17) is 9.15 Å². The van der Waals surface area contributed by atoms with Gasteiger partial charge in [-0.25, -0.2) is 0 Å². The molecule has 2 aromatic carbocycles. The van der Waals surface area contributed by atoms with Crippen molar-refractivity contribution in [2.24, 2.45) is 0 Å². The number of benzene rings is 2. The maximum absolute atomic E-state index is 12.5. The average molecular weight is 350 g/mol. The van der Waals surface area contributed by atoms with E-state index in [1.54, 1.807) is 18.4 Å². The molecule has 0 fully saturated rings. The molecule has 1 atom stereocenters. The summed E-state index contributed by atoms with van der Waals surface area (Å²) in [6, 6.07) is 20.3. The Balaban J connectivity index is 1.65. The minimum absolute atomic E-state index is 0.0299. The Labute approximate surface area is 153 Å². The number of carbonyl (C=O) groups is 1. The molecule has 3 aromatic rings. The second-order valence-corrected chi connectivity index (χ2v) is 6.15. The Morgan fingerprint density at radius 3 is 2.50 bits per heavy atom. The molecule has 0 spiro atoms. The van der Waals surface area contributed by atoms with Gasteiger partial charge in [-0.1, -0.05) is 24.3 Å². The van der Waals surface area contributed by atoms with Crippen LogP contribution in [0.15, 0.2) is 77.4 Å². The molecule has 5 nitrogen and oxygen atoms in total. The van der Waals surface area contributed by atoms with Crippen LogP contribution in [0.2, 0.25) is 0 Å². The number of para-hydroxylation sites is 1. The number of rotatable bonds is 7. The maximum Gasteiger partial charge on any atom is 0.251 e. The molecular formula is C21H22N2O3. The normalized spacial score (nSPS) is 12.0. The second kappa shape index (κ2) is 8.36. The van der Waals surface area contributed by atoms with Crippen LogP contribution in [0.5, 0.6) is 11.5 Å². The molecule has 26 heavy (non-hydrogen) atoms. The van der Waals surface area contributed by atoms with Crippen molar-refractivity contribution in [2.45, 2.75) is 6.04 Å². The monoisotopic (exact) mass is 350 g/mol. The summed E-state index contributed by atoms with van der Waals surface area (Å²) in [5, 5.41) is 2.96. The van der Waals surface area contributed by atoms with Crippen LogP contribution in [0.3, 0.4) is 0 Å². The number of carbonyl (C=O) groups excluding carboxylic acids is 1. The first-order chi connectivity index (χ1) is 12.6. The molecular weight excluding hydrogens is 328 g/mol. The van der Waals surface area contributed by atoms with Crippen molar-refractivity contribution >= 4 is 5.91 Å². The predicted octanol–water partition coefficient (Wildman–Crippen LogP) is 4.10. The van der Waals surface area contributed by atoms with Gasteiger partial charge in [0.2, 0.25) is 0 Å². The summed E-state index contributed by atoms with van der Waals surface area (Å²) >= 11 is 0. The molecule has 0 saturated carbocycles. The largest absolute Gasteiger partial charge is 0.468 e. The maximum atomic E-state index is 12.5. The molecule has 3 rings (SSSR count). The van der Waals surface area contributed by atoms with Crippen LogP contribution in [0.25, 0.3) is 0 Å². The zero-order chi connectivity index (χ0) is 18.4. The zero-order valence-electron chi connectivity index (χ0n) is 14.9. The van der Waals surface area contributed by atoms with E-state index in [9.17, 15) is 4.79 Å². The molecule has 1 N–H and O–H groups in total. The van der Waals surface area contributed by atoms with Gasteiger partial charge >= 0.3 is 0 Å². The molecule has 1 aromatic heterocycles. The van der Waals surface area contributed by atoms with Crippen LogP contribution in [0.4, 0.5) is 0 Å².